The lowest BCUT2D eigenvalue weighted by Crippen LogP contribution is -2.41. The van der Waals surface area contributed by atoms with Crippen LogP contribution in [0.4, 0.5) is 0 Å². The van der Waals surface area contributed by atoms with Crippen molar-refractivity contribution in [1.82, 2.24) is 19.3 Å². The summed E-state index contributed by atoms with van der Waals surface area (Å²) in [5.74, 6) is -1.04. The molecule has 1 fully saturated rings. The lowest BCUT2D eigenvalue weighted by atomic mass is 9.99. The van der Waals surface area contributed by atoms with Crippen molar-refractivity contribution in [3.05, 3.63) is 62.9 Å². The van der Waals surface area contributed by atoms with Gasteiger partial charge in [-0.15, -0.1) is 5.10 Å². The molecule has 0 radical (unpaired) electrons. The van der Waals surface area contributed by atoms with Gasteiger partial charge in [0.1, 0.15) is 10.4 Å². The van der Waals surface area contributed by atoms with Crippen molar-refractivity contribution < 1.29 is 17.9 Å². The average molecular weight is 497 g/mol. The molecule has 168 valence electrons. The van der Waals surface area contributed by atoms with E-state index in [1.54, 1.807) is 30.3 Å². The van der Waals surface area contributed by atoms with Crippen molar-refractivity contribution in [2.75, 3.05) is 13.1 Å². The number of aromatic nitrogens is 3. The molecule has 0 saturated carbocycles. The van der Waals surface area contributed by atoms with E-state index in [4.69, 9.17) is 27.9 Å². The number of ether oxygens (including phenoxy) is 1. The van der Waals surface area contributed by atoms with Crippen LogP contribution in [-0.4, -0.2) is 46.8 Å². The first-order valence-electron chi connectivity index (χ1n) is 9.72. The van der Waals surface area contributed by atoms with Crippen LogP contribution in [0.2, 0.25) is 10.0 Å². The smallest absolute Gasteiger partial charge is 0.310 e. The number of carbonyl (C=O) groups excluding carboxylic acids is 1. The van der Waals surface area contributed by atoms with Crippen molar-refractivity contribution in [3.63, 3.8) is 0 Å². The predicted octanol–water partition coefficient (Wildman–Crippen LogP) is 2.70. The number of halogens is 2. The molecule has 0 amide bonds. The van der Waals surface area contributed by atoms with Gasteiger partial charge in [0.15, 0.2) is 6.73 Å². The summed E-state index contributed by atoms with van der Waals surface area (Å²) in [5.41, 5.74) is 0.0354. The van der Waals surface area contributed by atoms with Crippen LogP contribution >= 0.6 is 23.2 Å². The van der Waals surface area contributed by atoms with Gasteiger partial charge in [0.2, 0.25) is 10.0 Å². The minimum absolute atomic E-state index is 0.0426. The van der Waals surface area contributed by atoms with Gasteiger partial charge in [-0.25, -0.2) is 8.42 Å². The van der Waals surface area contributed by atoms with Crippen LogP contribution < -0.4 is 5.56 Å². The summed E-state index contributed by atoms with van der Waals surface area (Å²) in [4.78, 5) is 24.8. The highest BCUT2D eigenvalue weighted by Crippen LogP contribution is 2.33. The van der Waals surface area contributed by atoms with Gasteiger partial charge < -0.3 is 4.74 Å². The Morgan fingerprint density at radius 1 is 1.06 bits per heavy atom. The number of hydrogen-bond acceptors (Lipinski definition) is 7. The van der Waals surface area contributed by atoms with Gasteiger partial charge in [0, 0.05) is 13.1 Å². The maximum absolute atomic E-state index is 12.9. The highest BCUT2D eigenvalue weighted by Gasteiger charge is 2.35. The van der Waals surface area contributed by atoms with Crippen molar-refractivity contribution in [3.8, 4) is 0 Å². The van der Waals surface area contributed by atoms with E-state index in [9.17, 15) is 18.0 Å². The molecule has 9 nitrogen and oxygen atoms in total. The highest BCUT2D eigenvalue weighted by atomic mass is 35.5. The van der Waals surface area contributed by atoms with Crippen LogP contribution in [0.15, 0.2) is 52.2 Å². The maximum atomic E-state index is 12.9. The fourth-order valence-electron chi connectivity index (χ4n) is 3.54. The van der Waals surface area contributed by atoms with Crippen molar-refractivity contribution in [2.45, 2.75) is 24.5 Å². The monoisotopic (exact) mass is 496 g/mol. The van der Waals surface area contributed by atoms with E-state index in [1.807, 2.05) is 0 Å². The third-order valence-electron chi connectivity index (χ3n) is 5.26. The minimum atomic E-state index is -3.90. The number of sulfonamides is 1. The summed E-state index contributed by atoms with van der Waals surface area (Å²) in [5, 5.41) is 8.18. The molecule has 0 aliphatic carbocycles. The molecule has 2 aromatic carbocycles. The zero-order valence-corrected chi connectivity index (χ0v) is 19.0. The second kappa shape index (κ2) is 9.14. The van der Waals surface area contributed by atoms with Gasteiger partial charge in [-0.2, -0.15) is 8.99 Å². The molecule has 1 aliphatic rings. The quantitative estimate of drug-likeness (QED) is 0.499. The zero-order chi connectivity index (χ0) is 22.9. The van der Waals surface area contributed by atoms with Crippen LogP contribution in [0.3, 0.4) is 0 Å². The number of hydrogen-bond donors (Lipinski definition) is 0. The number of benzene rings is 2. The standard InChI is InChI=1S/C20H18Cl2N4O5S/c21-15-5-3-6-16(22)18(15)32(29,30)25-10-8-13(9-11-25)20(28)31-12-26-19(27)14-4-1-2-7-17(14)23-24-26/h1-7,13H,8-12H2. The van der Waals surface area contributed by atoms with Crippen LogP contribution in [0.5, 0.6) is 0 Å². The van der Waals surface area contributed by atoms with Gasteiger partial charge in [-0.05, 0) is 37.1 Å². The molecule has 1 aliphatic heterocycles. The van der Waals surface area contributed by atoms with Crippen molar-refractivity contribution >= 4 is 50.1 Å². The molecule has 4 rings (SSSR count). The molecular weight excluding hydrogens is 479 g/mol. The van der Waals surface area contributed by atoms with Crippen LogP contribution in [-0.2, 0) is 26.3 Å². The molecule has 1 aromatic heterocycles. The number of piperidine rings is 1. The van der Waals surface area contributed by atoms with Crippen molar-refractivity contribution in [2.24, 2.45) is 5.92 Å². The first-order valence-corrected chi connectivity index (χ1v) is 11.9. The van der Waals surface area contributed by atoms with Gasteiger partial charge in [0.25, 0.3) is 5.56 Å². The fraction of sp³-hybridized carbons (Fsp3) is 0.300. The summed E-state index contributed by atoms with van der Waals surface area (Å²) in [6.07, 6.45) is 0.525. The van der Waals surface area contributed by atoms with Crippen molar-refractivity contribution in [1.29, 1.82) is 0 Å². The number of fused-ring (bicyclic) bond motifs is 1. The minimum Gasteiger partial charge on any atom is -0.442 e. The highest BCUT2D eigenvalue weighted by molar-refractivity contribution is 7.89. The Bertz CT molecular complexity index is 1320. The van der Waals surface area contributed by atoms with Crippen LogP contribution in [0.1, 0.15) is 12.8 Å². The lowest BCUT2D eigenvalue weighted by molar-refractivity contribution is -0.154. The molecule has 2 heterocycles. The van der Waals surface area contributed by atoms with Crippen LogP contribution in [0.25, 0.3) is 10.9 Å². The Hall–Kier alpha value is -2.53. The average Bonchev–Trinajstić information content (AvgIpc) is 2.78. The maximum Gasteiger partial charge on any atom is 0.310 e. The van der Waals surface area contributed by atoms with E-state index in [1.165, 1.54) is 16.4 Å². The number of carbonyl (C=O) groups is 1. The normalized spacial score (nSPS) is 15.7. The van der Waals surface area contributed by atoms with E-state index >= 15 is 0 Å². The van der Waals surface area contributed by atoms with E-state index in [0.29, 0.717) is 10.9 Å². The molecule has 0 spiro atoms. The molecular formula is C20H18Cl2N4O5S. The molecule has 0 bridgehead atoms. The Balaban J connectivity index is 1.39. The van der Waals surface area contributed by atoms with Gasteiger partial charge >= 0.3 is 5.97 Å². The fourth-order valence-corrected chi connectivity index (χ4v) is 6.10. The molecule has 0 atom stereocenters. The van der Waals surface area contributed by atoms with E-state index in [-0.39, 0.29) is 47.6 Å². The Morgan fingerprint density at radius 3 is 2.41 bits per heavy atom. The molecule has 1 saturated heterocycles. The summed E-state index contributed by atoms with van der Waals surface area (Å²) in [6.45, 7) is -0.151. The van der Waals surface area contributed by atoms with Gasteiger partial charge in [0.05, 0.1) is 21.3 Å². The predicted molar refractivity (Wildman–Crippen MR) is 118 cm³/mol. The molecule has 3 aromatic rings. The molecule has 0 N–H and O–H groups in total. The van der Waals surface area contributed by atoms with Crippen LogP contribution in [0, 0.1) is 5.92 Å². The largest absolute Gasteiger partial charge is 0.442 e. The summed E-state index contributed by atoms with van der Waals surface area (Å²) in [7, 11) is -3.90. The zero-order valence-electron chi connectivity index (χ0n) is 16.6. The second-order valence-electron chi connectivity index (χ2n) is 7.23. The summed E-state index contributed by atoms with van der Waals surface area (Å²) < 4.78 is 33.4. The lowest BCUT2D eigenvalue weighted by Gasteiger charge is -2.30. The third kappa shape index (κ3) is 4.36. The van der Waals surface area contributed by atoms with Gasteiger partial charge in [-0.1, -0.05) is 46.6 Å². The Kier molecular flexibility index (Phi) is 6.47. The number of nitrogens with zero attached hydrogens (tertiary/aromatic N) is 4. The Morgan fingerprint density at radius 2 is 1.72 bits per heavy atom. The number of esters is 1. The Labute approximate surface area is 193 Å². The number of rotatable bonds is 5. The molecule has 12 heteroatoms. The van der Waals surface area contributed by atoms with E-state index < -0.39 is 27.5 Å². The first-order chi connectivity index (χ1) is 15.3. The molecule has 0 unspecified atom stereocenters. The third-order valence-corrected chi connectivity index (χ3v) is 8.12. The van der Waals surface area contributed by atoms with E-state index in [0.717, 1.165) is 4.68 Å². The molecule has 32 heavy (non-hydrogen) atoms. The SMILES string of the molecule is O=C(OCn1nnc2ccccc2c1=O)C1CCN(S(=O)(=O)c2c(Cl)cccc2Cl)CC1. The second-order valence-corrected chi connectivity index (χ2v) is 9.92. The first kappa shape index (κ1) is 22.7. The van der Waals surface area contributed by atoms with E-state index in [2.05, 4.69) is 10.3 Å². The topological polar surface area (TPSA) is 111 Å². The summed E-state index contributed by atoms with van der Waals surface area (Å²) >= 11 is 12.1. The summed E-state index contributed by atoms with van der Waals surface area (Å²) in [6, 6.07) is 11.2. The van der Waals surface area contributed by atoms with Gasteiger partial charge in [-0.3, -0.25) is 9.59 Å².